The number of hydrogen-bond acceptors (Lipinski definition) is 4. The molecule has 0 heterocycles. The van der Waals surface area contributed by atoms with Crippen molar-refractivity contribution in [3.8, 4) is 0 Å². The number of carbonyl (C=O) groups excluding carboxylic acids is 1. The van der Waals surface area contributed by atoms with Gasteiger partial charge in [-0.25, -0.2) is 4.79 Å². The first-order valence-corrected chi connectivity index (χ1v) is 5.89. The maximum absolute atomic E-state index is 11.5. The summed E-state index contributed by atoms with van der Waals surface area (Å²) in [5, 5.41) is 3.38. The molecule has 1 saturated carbocycles. The van der Waals surface area contributed by atoms with Gasteiger partial charge >= 0.3 is 5.97 Å². The lowest BCUT2D eigenvalue weighted by Gasteiger charge is -2.15. The maximum atomic E-state index is 11.5. The largest absolute Gasteiger partial charge is 0.462 e. The average molecular weight is 234 g/mol. The van der Waals surface area contributed by atoms with Crippen LogP contribution in [0.2, 0.25) is 0 Å². The van der Waals surface area contributed by atoms with Gasteiger partial charge in [0, 0.05) is 5.54 Å². The average Bonchev–Trinajstić information content (AvgIpc) is 3.00. The zero-order valence-corrected chi connectivity index (χ0v) is 10.2. The quantitative estimate of drug-likeness (QED) is 0.620. The molecule has 0 bridgehead atoms. The summed E-state index contributed by atoms with van der Waals surface area (Å²) in [6.07, 6.45) is 2.32. The SMILES string of the molecule is CCOC(=O)c1ccc(NC2(C)CC2)c(N)c1. The van der Waals surface area contributed by atoms with Crippen LogP contribution in [0.3, 0.4) is 0 Å². The molecule has 0 aromatic heterocycles. The van der Waals surface area contributed by atoms with E-state index in [0.717, 1.165) is 18.5 Å². The molecule has 1 fully saturated rings. The van der Waals surface area contributed by atoms with E-state index in [1.807, 2.05) is 6.07 Å². The molecule has 0 amide bonds. The van der Waals surface area contributed by atoms with E-state index in [-0.39, 0.29) is 11.5 Å². The molecule has 1 aromatic rings. The molecule has 17 heavy (non-hydrogen) atoms. The van der Waals surface area contributed by atoms with Gasteiger partial charge in [0.2, 0.25) is 0 Å². The van der Waals surface area contributed by atoms with Crippen LogP contribution in [0.15, 0.2) is 18.2 Å². The summed E-state index contributed by atoms with van der Waals surface area (Å²) in [6, 6.07) is 5.24. The minimum atomic E-state index is -0.330. The van der Waals surface area contributed by atoms with Gasteiger partial charge in [-0.05, 0) is 44.9 Å². The minimum Gasteiger partial charge on any atom is -0.462 e. The molecule has 3 N–H and O–H groups in total. The fraction of sp³-hybridized carbons (Fsp3) is 0.462. The number of nitrogens with two attached hydrogens (primary N) is 1. The van der Waals surface area contributed by atoms with Crippen LogP contribution in [-0.2, 0) is 4.74 Å². The van der Waals surface area contributed by atoms with Crippen LogP contribution in [0.5, 0.6) is 0 Å². The van der Waals surface area contributed by atoms with E-state index in [2.05, 4.69) is 12.2 Å². The highest BCUT2D eigenvalue weighted by Crippen LogP contribution is 2.39. The Kier molecular flexibility index (Phi) is 2.96. The molecule has 0 atom stereocenters. The summed E-state index contributed by atoms with van der Waals surface area (Å²) in [7, 11) is 0. The van der Waals surface area contributed by atoms with Gasteiger partial charge in [0.15, 0.2) is 0 Å². The summed E-state index contributed by atoms with van der Waals surface area (Å²) in [5.74, 6) is -0.330. The maximum Gasteiger partial charge on any atom is 0.338 e. The van der Waals surface area contributed by atoms with E-state index < -0.39 is 0 Å². The number of ether oxygens (including phenoxy) is 1. The predicted molar refractivity (Wildman–Crippen MR) is 68.1 cm³/mol. The third-order valence-electron chi connectivity index (χ3n) is 3.00. The number of anilines is 2. The van der Waals surface area contributed by atoms with E-state index in [1.165, 1.54) is 0 Å². The van der Waals surface area contributed by atoms with E-state index >= 15 is 0 Å². The molecule has 4 nitrogen and oxygen atoms in total. The van der Waals surface area contributed by atoms with Crippen molar-refractivity contribution in [1.29, 1.82) is 0 Å². The molecule has 1 aromatic carbocycles. The summed E-state index contributed by atoms with van der Waals surface area (Å²) < 4.78 is 4.92. The van der Waals surface area contributed by atoms with Crippen LogP contribution >= 0.6 is 0 Å². The van der Waals surface area contributed by atoms with E-state index in [1.54, 1.807) is 19.1 Å². The van der Waals surface area contributed by atoms with Crippen molar-refractivity contribution < 1.29 is 9.53 Å². The minimum absolute atomic E-state index is 0.180. The lowest BCUT2D eigenvalue weighted by molar-refractivity contribution is 0.0526. The Morgan fingerprint density at radius 3 is 2.76 bits per heavy atom. The molecule has 0 saturated heterocycles. The topological polar surface area (TPSA) is 64.3 Å². The fourth-order valence-electron chi connectivity index (χ4n) is 1.66. The normalized spacial score (nSPS) is 16.4. The molecular weight excluding hydrogens is 216 g/mol. The van der Waals surface area contributed by atoms with Gasteiger partial charge in [0.25, 0.3) is 0 Å². The molecular formula is C13H18N2O2. The highest BCUT2D eigenvalue weighted by molar-refractivity contribution is 5.92. The second kappa shape index (κ2) is 4.28. The van der Waals surface area contributed by atoms with Gasteiger partial charge < -0.3 is 15.8 Å². The smallest absolute Gasteiger partial charge is 0.338 e. The van der Waals surface area contributed by atoms with Crippen LogP contribution in [0.1, 0.15) is 37.0 Å². The van der Waals surface area contributed by atoms with E-state index in [4.69, 9.17) is 10.5 Å². The zero-order valence-electron chi connectivity index (χ0n) is 10.2. The van der Waals surface area contributed by atoms with Gasteiger partial charge in [-0.3, -0.25) is 0 Å². The van der Waals surface area contributed by atoms with Crippen LogP contribution in [-0.4, -0.2) is 18.1 Å². The number of nitrogens with one attached hydrogen (secondary N) is 1. The first kappa shape index (κ1) is 11.8. The van der Waals surface area contributed by atoms with Crippen molar-refractivity contribution in [2.75, 3.05) is 17.7 Å². The fourth-order valence-corrected chi connectivity index (χ4v) is 1.66. The second-order valence-corrected chi connectivity index (χ2v) is 4.71. The Morgan fingerprint density at radius 2 is 2.24 bits per heavy atom. The number of benzene rings is 1. The molecule has 0 aliphatic heterocycles. The molecule has 0 unspecified atom stereocenters. The molecule has 4 heteroatoms. The standard InChI is InChI=1S/C13H18N2O2/c1-3-17-12(16)9-4-5-11(10(14)8-9)15-13(2)6-7-13/h4-5,8,15H,3,6-7,14H2,1-2H3. The van der Waals surface area contributed by atoms with Gasteiger partial charge in [-0.2, -0.15) is 0 Å². The summed E-state index contributed by atoms with van der Waals surface area (Å²) >= 11 is 0. The van der Waals surface area contributed by atoms with Crippen molar-refractivity contribution >= 4 is 17.3 Å². The van der Waals surface area contributed by atoms with Crippen molar-refractivity contribution in [2.45, 2.75) is 32.2 Å². The molecule has 1 aliphatic rings. The Hall–Kier alpha value is -1.71. The van der Waals surface area contributed by atoms with Crippen molar-refractivity contribution in [3.05, 3.63) is 23.8 Å². The van der Waals surface area contributed by atoms with Crippen molar-refractivity contribution in [2.24, 2.45) is 0 Å². The molecule has 2 rings (SSSR count). The lowest BCUT2D eigenvalue weighted by Crippen LogP contribution is -2.17. The first-order valence-electron chi connectivity index (χ1n) is 5.89. The molecule has 0 spiro atoms. The number of rotatable bonds is 4. The summed E-state index contributed by atoms with van der Waals surface area (Å²) in [4.78, 5) is 11.5. The Labute approximate surface area is 101 Å². The molecule has 92 valence electrons. The van der Waals surface area contributed by atoms with Gasteiger partial charge in [0.1, 0.15) is 0 Å². The Bertz CT molecular complexity index is 439. The summed E-state index contributed by atoms with van der Waals surface area (Å²) in [6.45, 7) is 4.31. The van der Waals surface area contributed by atoms with Crippen LogP contribution in [0.4, 0.5) is 11.4 Å². The van der Waals surface area contributed by atoms with Crippen LogP contribution in [0, 0.1) is 0 Å². The van der Waals surface area contributed by atoms with Gasteiger partial charge in [0.05, 0.1) is 23.5 Å². The highest BCUT2D eigenvalue weighted by atomic mass is 16.5. The number of carbonyl (C=O) groups is 1. The third kappa shape index (κ3) is 2.70. The number of hydrogen-bond donors (Lipinski definition) is 2. The second-order valence-electron chi connectivity index (χ2n) is 4.71. The number of esters is 1. The van der Waals surface area contributed by atoms with E-state index in [0.29, 0.717) is 17.9 Å². The van der Waals surface area contributed by atoms with Crippen LogP contribution < -0.4 is 11.1 Å². The Morgan fingerprint density at radius 1 is 1.53 bits per heavy atom. The zero-order chi connectivity index (χ0) is 12.5. The van der Waals surface area contributed by atoms with Crippen molar-refractivity contribution in [1.82, 2.24) is 0 Å². The Balaban J connectivity index is 2.13. The van der Waals surface area contributed by atoms with Crippen molar-refractivity contribution in [3.63, 3.8) is 0 Å². The molecule has 0 radical (unpaired) electrons. The van der Waals surface area contributed by atoms with E-state index in [9.17, 15) is 4.79 Å². The third-order valence-corrected chi connectivity index (χ3v) is 3.00. The summed E-state index contributed by atoms with van der Waals surface area (Å²) in [5.41, 5.74) is 8.07. The highest BCUT2D eigenvalue weighted by Gasteiger charge is 2.37. The van der Waals surface area contributed by atoms with Gasteiger partial charge in [-0.1, -0.05) is 0 Å². The lowest BCUT2D eigenvalue weighted by atomic mass is 10.1. The van der Waals surface area contributed by atoms with Crippen LogP contribution in [0.25, 0.3) is 0 Å². The predicted octanol–water partition coefficient (Wildman–Crippen LogP) is 2.41. The number of nitrogen functional groups attached to an aromatic ring is 1. The monoisotopic (exact) mass is 234 g/mol. The van der Waals surface area contributed by atoms with Gasteiger partial charge in [-0.15, -0.1) is 0 Å². The first-order chi connectivity index (χ1) is 8.04. The molecule has 1 aliphatic carbocycles.